The summed E-state index contributed by atoms with van der Waals surface area (Å²) in [6.45, 7) is 2.61. The molecule has 4 nitrogen and oxygen atoms in total. The van der Waals surface area contributed by atoms with E-state index in [1.165, 1.54) is 6.42 Å². The maximum absolute atomic E-state index is 12.2. The molecule has 20 heavy (non-hydrogen) atoms. The molecule has 2 rings (SSSR count). The van der Waals surface area contributed by atoms with Crippen LogP contribution in [-0.4, -0.2) is 55.4 Å². The molecule has 0 radical (unpaired) electrons. The normalized spacial score (nSPS) is 19.8. The van der Waals surface area contributed by atoms with Crippen LogP contribution in [0.3, 0.4) is 0 Å². The quantitative estimate of drug-likeness (QED) is 0.783. The van der Waals surface area contributed by atoms with Gasteiger partial charge in [-0.05, 0) is 45.6 Å². The van der Waals surface area contributed by atoms with E-state index in [1.54, 1.807) is 24.3 Å². The van der Waals surface area contributed by atoms with Crippen molar-refractivity contribution in [3.05, 3.63) is 35.4 Å². The molecule has 0 spiro atoms. The minimum absolute atomic E-state index is 0.116. The maximum Gasteiger partial charge on any atom is 0.176 e. The molecule has 1 fully saturated rings. The summed E-state index contributed by atoms with van der Waals surface area (Å²) in [5, 5.41) is 8.76. The van der Waals surface area contributed by atoms with Crippen LogP contribution in [0.1, 0.15) is 28.8 Å². The fraction of sp³-hybridized carbons (Fsp3) is 0.500. The second kappa shape index (κ2) is 6.65. The number of hydrogen-bond acceptors (Lipinski definition) is 4. The number of likely N-dealkylation sites (N-methyl/N-ethyl adjacent to an activating group) is 2. The van der Waals surface area contributed by atoms with Crippen LogP contribution in [-0.2, 0) is 0 Å². The van der Waals surface area contributed by atoms with Crippen molar-refractivity contribution in [2.45, 2.75) is 18.9 Å². The molecule has 0 bridgehead atoms. The molecule has 4 heteroatoms. The van der Waals surface area contributed by atoms with Gasteiger partial charge in [-0.3, -0.25) is 9.69 Å². The summed E-state index contributed by atoms with van der Waals surface area (Å²) in [6.07, 6.45) is 2.35. The number of Topliss-reactive ketones (excluding diaryl/α,β-unsaturated/α-hetero) is 1. The van der Waals surface area contributed by atoms with E-state index >= 15 is 0 Å². The number of nitrogens with zero attached hydrogens (tertiary/aromatic N) is 3. The van der Waals surface area contributed by atoms with Crippen LogP contribution in [0, 0.1) is 11.3 Å². The lowest BCUT2D eigenvalue weighted by atomic mass is 10.0. The molecule has 1 aliphatic rings. The van der Waals surface area contributed by atoms with E-state index in [-0.39, 0.29) is 5.78 Å². The van der Waals surface area contributed by atoms with Gasteiger partial charge >= 0.3 is 0 Å². The van der Waals surface area contributed by atoms with Crippen molar-refractivity contribution in [2.24, 2.45) is 0 Å². The Hall–Kier alpha value is -1.70. The Labute approximate surface area is 120 Å². The largest absolute Gasteiger partial charge is 0.305 e. The SMILES string of the molecule is CN1CCCC(N(C)CC(=O)c2ccc(C#N)cc2)C1. The third-order valence-corrected chi connectivity index (χ3v) is 3.95. The molecular formula is C16H21N3O. The minimum Gasteiger partial charge on any atom is -0.305 e. The number of carbonyl (C=O) groups excluding carboxylic acids is 1. The number of hydrogen-bond donors (Lipinski definition) is 0. The zero-order valence-corrected chi connectivity index (χ0v) is 12.2. The fourth-order valence-corrected chi connectivity index (χ4v) is 2.68. The van der Waals surface area contributed by atoms with Crippen LogP contribution in [0.2, 0.25) is 0 Å². The predicted octanol–water partition coefficient (Wildman–Crippen LogP) is 1.77. The highest BCUT2D eigenvalue weighted by Crippen LogP contribution is 2.14. The summed E-state index contributed by atoms with van der Waals surface area (Å²) in [6, 6.07) is 9.39. The van der Waals surface area contributed by atoms with Crippen LogP contribution in [0.4, 0.5) is 0 Å². The molecule has 106 valence electrons. The van der Waals surface area contributed by atoms with Gasteiger partial charge in [-0.1, -0.05) is 12.1 Å². The zero-order valence-electron chi connectivity index (χ0n) is 12.2. The molecule has 1 aromatic rings. The van der Waals surface area contributed by atoms with Gasteiger partial charge in [0.05, 0.1) is 18.2 Å². The number of carbonyl (C=O) groups is 1. The minimum atomic E-state index is 0.116. The number of nitriles is 1. The first-order valence-corrected chi connectivity index (χ1v) is 7.02. The Morgan fingerprint density at radius 3 is 2.75 bits per heavy atom. The van der Waals surface area contributed by atoms with Gasteiger partial charge in [-0.25, -0.2) is 0 Å². The Bertz CT molecular complexity index is 503. The monoisotopic (exact) mass is 271 g/mol. The number of ketones is 1. The van der Waals surface area contributed by atoms with Gasteiger partial charge in [0.25, 0.3) is 0 Å². The average molecular weight is 271 g/mol. The van der Waals surface area contributed by atoms with Gasteiger partial charge in [0.2, 0.25) is 0 Å². The zero-order chi connectivity index (χ0) is 14.5. The standard InChI is InChI=1S/C16H21N3O/c1-18-9-3-4-15(11-18)19(2)12-16(20)14-7-5-13(10-17)6-8-14/h5-8,15H,3-4,9,11-12H2,1-2H3. The molecule has 0 saturated carbocycles. The summed E-state index contributed by atoms with van der Waals surface area (Å²) >= 11 is 0. The topological polar surface area (TPSA) is 47.3 Å². The van der Waals surface area contributed by atoms with Gasteiger partial charge < -0.3 is 4.90 Å². The van der Waals surface area contributed by atoms with Crippen LogP contribution >= 0.6 is 0 Å². The predicted molar refractivity (Wildman–Crippen MR) is 78.6 cm³/mol. The Balaban J connectivity index is 1.94. The van der Waals surface area contributed by atoms with Gasteiger partial charge in [-0.2, -0.15) is 5.26 Å². The van der Waals surface area contributed by atoms with Crippen molar-refractivity contribution in [3.63, 3.8) is 0 Å². The second-order valence-corrected chi connectivity index (χ2v) is 5.59. The van der Waals surface area contributed by atoms with Crippen LogP contribution in [0.25, 0.3) is 0 Å². The molecule has 1 aliphatic heterocycles. The third-order valence-electron chi connectivity index (χ3n) is 3.95. The highest BCUT2D eigenvalue weighted by molar-refractivity contribution is 5.97. The third kappa shape index (κ3) is 3.66. The number of rotatable bonds is 4. The Morgan fingerprint density at radius 1 is 1.45 bits per heavy atom. The van der Waals surface area contributed by atoms with Gasteiger partial charge in [0.15, 0.2) is 5.78 Å². The van der Waals surface area contributed by atoms with Crippen molar-refractivity contribution >= 4 is 5.78 Å². The summed E-state index contributed by atoms with van der Waals surface area (Å²) in [5.41, 5.74) is 1.27. The lowest BCUT2D eigenvalue weighted by Crippen LogP contribution is -2.46. The smallest absolute Gasteiger partial charge is 0.176 e. The molecule has 1 unspecified atom stereocenters. The molecule has 0 aromatic heterocycles. The van der Waals surface area contributed by atoms with E-state index < -0.39 is 0 Å². The molecule has 1 aromatic carbocycles. The number of benzene rings is 1. The van der Waals surface area contributed by atoms with Crippen LogP contribution < -0.4 is 0 Å². The van der Waals surface area contributed by atoms with Gasteiger partial charge in [-0.15, -0.1) is 0 Å². The van der Waals surface area contributed by atoms with Gasteiger partial charge in [0, 0.05) is 18.2 Å². The van der Waals surface area contributed by atoms with E-state index in [2.05, 4.69) is 22.9 Å². The summed E-state index contributed by atoms with van der Waals surface area (Å²) in [4.78, 5) is 16.7. The molecular weight excluding hydrogens is 250 g/mol. The Morgan fingerprint density at radius 2 is 2.15 bits per heavy atom. The van der Waals surface area contributed by atoms with Crippen molar-refractivity contribution < 1.29 is 4.79 Å². The number of likely N-dealkylation sites (tertiary alicyclic amines) is 1. The van der Waals surface area contributed by atoms with Crippen molar-refractivity contribution in [1.82, 2.24) is 9.80 Å². The molecule has 1 saturated heterocycles. The first-order valence-electron chi connectivity index (χ1n) is 7.02. The van der Waals surface area contributed by atoms with E-state index in [1.807, 2.05) is 7.05 Å². The first kappa shape index (κ1) is 14.7. The summed E-state index contributed by atoms with van der Waals surface area (Å²) in [5.74, 6) is 0.116. The van der Waals surface area contributed by atoms with E-state index in [9.17, 15) is 4.79 Å². The van der Waals surface area contributed by atoms with Crippen LogP contribution in [0.5, 0.6) is 0 Å². The van der Waals surface area contributed by atoms with Gasteiger partial charge in [0.1, 0.15) is 0 Å². The average Bonchev–Trinajstić information content (AvgIpc) is 2.47. The lowest BCUT2D eigenvalue weighted by molar-refractivity contribution is 0.0857. The highest BCUT2D eigenvalue weighted by Gasteiger charge is 2.22. The maximum atomic E-state index is 12.2. The van der Waals surface area contributed by atoms with Crippen molar-refractivity contribution in [2.75, 3.05) is 33.7 Å². The number of piperidine rings is 1. The highest BCUT2D eigenvalue weighted by atomic mass is 16.1. The van der Waals surface area contributed by atoms with Crippen LogP contribution in [0.15, 0.2) is 24.3 Å². The Kier molecular flexibility index (Phi) is 4.89. The van der Waals surface area contributed by atoms with Crippen molar-refractivity contribution in [3.8, 4) is 6.07 Å². The van der Waals surface area contributed by atoms with E-state index in [0.717, 1.165) is 19.5 Å². The van der Waals surface area contributed by atoms with Crippen molar-refractivity contribution in [1.29, 1.82) is 5.26 Å². The van der Waals surface area contributed by atoms with E-state index in [4.69, 9.17) is 5.26 Å². The molecule has 0 aliphatic carbocycles. The summed E-state index contributed by atoms with van der Waals surface area (Å²) in [7, 11) is 4.15. The molecule has 1 heterocycles. The second-order valence-electron chi connectivity index (χ2n) is 5.59. The lowest BCUT2D eigenvalue weighted by Gasteiger charge is -2.35. The fourth-order valence-electron chi connectivity index (χ4n) is 2.68. The molecule has 0 N–H and O–H groups in total. The van der Waals surface area contributed by atoms with E-state index in [0.29, 0.717) is 23.7 Å². The molecule has 1 atom stereocenters. The summed E-state index contributed by atoms with van der Waals surface area (Å²) < 4.78 is 0. The first-order chi connectivity index (χ1) is 9.60. The molecule has 0 amide bonds.